The molecule has 2 N–H and O–H groups in total. The molecule has 1 aliphatic rings. The number of thiazole rings is 1. The number of hydrogen-bond donors (Lipinski definition) is 2. The SMILES string of the molecule is O=C(NC1CCCCC1)c1sc(=S)n2c1[nH]c(=O)c1sccc12. The molecule has 3 heterocycles. The Morgan fingerprint density at radius 2 is 2.13 bits per heavy atom. The third-order valence-electron chi connectivity index (χ3n) is 4.28. The number of fused-ring (bicyclic) bond motifs is 3. The lowest BCUT2D eigenvalue weighted by Gasteiger charge is -2.22. The van der Waals surface area contributed by atoms with E-state index in [1.54, 1.807) is 4.40 Å². The zero-order valence-electron chi connectivity index (χ0n) is 12.3. The molecule has 0 aromatic carbocycles. The summed E-state index contributed by atoms with van der Waals surface area (Å²) in [5.41, 5.74) is 1.10. The summed E-state index contributed by atoms with van der Waals surface area (Å²) in [7, 11) is 0. The summed E-state index contributed by atoms with van der Waals surface area (Å²) in [6, 6.07) is 2.09. The van der Waals surface area contributed by atoms with Gasteiger partial charge in [0.2, 0.25) is 0 Å². The van der Waals surface area contributed by atoms with E-state index >= 15 is 0 Å². The Morgan fingerprint density at radius 3 is 2.91 bits per heavy atom. The zero-order chi connectivity index (χ0) is 16.0. The summed E-state index contributed by atoms with van der Waals surface area (Å²) in [4.78, 5) is 28.2. The van der Waals surface area contributed by atoms with Gasteiger partial charge in [0.25, 0.3) is 11.5 Å². The molecule has 0 saturated heterocycles. The third kappa shape index (κ3) is 2.54. The first kappa shape index (κ1) is 15.0. The highest BCUT2D eigenvalue weighted by molar-refractivity contribution is 7.73. The van der Waals surface area contributed by atoms with E-state index in [0.717, 1.165) is 31.2 Å². The van der Waals surface area contributed by atoms with Crippen molar-refractivity contribution in [1.82, 2.24) is 14.7 Å². The van der Waals surface area contributed by atoms with E-state index in [1.807, 2.05) is 11.4 Å². The normalized spacial score (nSPS) is 16.2. The summed E-state index contributed by atoms with van der Waals surface area (Å²) >= 11 is 8.05. The fraction of sp³-hybridized carbons (Fsp3) is 0.400. The molecule has 4 rings (SSSR count). The Balaban J connectivity index is 1.81. The second-order valence-corrected chi connectivity index (χ2v) is 8.34. The fourth-order valence-electron chi connectivity index (χ4n) is 3.17. The lowest BCUT2D eigenvalue weighted by Crippen LogP contribution is -2.36. The maximum absolute atomic E-state index is 12.6. The first-order chi connectivity index (χ1) is 11.1. The molecule has 1 fully saturated rings. The lowest BCUT2D eigenvalue weighted by molar-refractivity contribution is 0.0933. The molecule has 1 amide bonds. The van der Waals surface area contributed by atoms with Crippen molar-refractivity contribution < 1.29 is 4.79 Å². The van der Waals surface area contributed by atoms with Crippen LogP contribution in [0.5, 0.6) is 0 Å². The largest absolute Gasteiger partial charge is 0.348 e. The van der Waals surface area contributed by atoms with Gasteiger partial charge in [-0.1, -0.05) is 30.6 Å². The molecule has 3 aromatic heterocycles. The van der Waals surface area contributed by atoms with E-state index in [-0.39, 0.29) is 17.5 Å². The minimum absolute atomic E-state index is 0.138. The minimum atomic E-state index is -0.172. The average Bonchev–Trinajstić information content (AvgIpc) is 3.13. The highest BCUT2D eigenvalue weighted by Gasteiger charge is 2.22. The number of thiophene rings is 1. The molecular formula is C15H15N3O2S3. The van der Waals surface area contributed by atoms with Gasteiger partial charge in [-0.3, -0.25) is 14.0 Å². The molecule has 0 bridgehead atoms. The standard InChI is InChI=1S/C15H15N3O2S3/c19-13-10-9(6-7-22-10)18-12(17-13)11(23-15(18)21)14(20)16-8-4-2-1-3-5-8/h6-8H,1-5H2,(H,16,20)(H,17,19). The summed E-state index contributed by atoms with van der Waals surface area (Å²) in [5.74, 6) is -0.138. The van der Waals surface area contributed by atoms with Gasteiger partial charge in [-0.25, -0.2) is 0 Å². The summed E-state index contributed by atoms with van der Waals surface area (Å²) in [6.45, 7) is 0. The van der Waals surface area contributed by atoms with Crippen LogP contribution in [-0.2, 0) is 0 Å². The van der Waals surface area contributed by atoms with Crippen LogP contribution in [0.2, 0.25) is 0 Å². The quantitative estimate of drug-likeness (QED) is 0.681. The molecular weight excluding hydrogens is 350 g/mol. The van der Waals surface area contributed by atoms with Crippen molar-refractivity contribution >= 4 is 56.7 Å². The number of H-pyrrole nitrogens is 1. The molecule has 0 spiro atoms. The van der Waals surface area contributed by atoms with Crippen LogP contribution in [0.4, 0.5) is 0 Å². The highest BCUT2D eigenvalue weighted by Crippen LogP contribution is 2.25. The smallest absolute Gasteiger partial charge is 0.269 e. The van der Waals surface area contributed by atoms with Gasteiger partial charge >= 0.3 is 0 Å². The van der Waals surface area contributed by atoms with Crippen molar-refractivity contribution in [2.45, 2.75) is 38.1 Å². The maximum atomic E-state index is 12.6. The molecule has 3 aromatic rings. The number of nitrogens with one attached hydrogen (secondary N) is 2. The van der Waals surface area contributed by atoms with Crippen molar-refractivity contribution in [2.75, 3.05) is 0 Å². The Kier molecular flexibility index (Phi) is 3.82. The van der Waals surface area contributed by atoms with Crippen molar-refractivity contribution in [3.05, 3.63) is 30.6 Å². The van der Waals surface area contributed by atoms with E-state index < -0.39 is 0 Å². The molecule has 5 nitrogen and oxygen atoms in total. The number of hydrogen-bond acceptors (Lipinski definition) is 5. The van der Waals surface area contributed by atoms with Gasteiger partial charge in [0, 0.05) is 6.04 Å². The van der Waals surface area contributed by atoms with Crippen LogP contribution in [0.1, 0.15) is 41.8 Å². The molecule has 120 valence electrons. The van der Waals surface area contributed by atoms with Crippen molar-refractivity contribution in [1.29, 1.82) is 0 Å². The molecule has 0 radical (unpaired) electrons. The minimum Gasteiger partial charge on any atom is -0.348 e. The molecule has 0 atom stereocenters. The summed E-state index contributed by atoms with van der Waals surface area (Å²) < 4.78 is 3.00. The van der Waals surface area contributed by atoms with E-state index in [0.29, 0.717) is 19.2 Å². The van der Waals surface area contributed by atoms with Crippen LogP contribution in [0.25, 0.3) is 15.9 Å². The zero-order valence-corrected chi connectivity index (χ0v) is 14.7. The first-order valence-corrected chi connectivity index (χ1v) is 9.71. The summed E-state index contributed by atoms with van der Waals surface area (Å²) in [5, 5.41) is 4.96. The number of rotatable bonds is 2. The highest BCUT2D eigenvalue weighted by atomic mass is 32.1. The van der Waals surface area contributed by atoms with E-state index in [4.69, 9.17) is 12.2 Å². The number of carbonyl (C=O) groups excluding carboxylic acids is 1. The van der Waals surface area contributed by atoms with Crippen LogP contribution >= 0.6 is 34.9 Å². The van der Waals surface area contributed by atoms with Crippen LogP contribution in [0, 0.1) is 3.95 Å². The number of nitrogens with zero attached hydrogens (tertiary/aromatic N) is 1. The predicted octanol–water partition coefficient (Wildman–Crippen LogP) is 3.70. The lowest BCUT2D eigenvalue weighted by atomic mass is 9.95. The number of amides is 1. The second kappa shape index (κ2) is 5.85. The molecule has 8 heteroatoms. The van der Waals surface area contributed by atoms with Gasteiger partial charge in [-0.05, 0) is 36.5 Å². The van der Waals surface area contributed by atoms with Crippen molar-refractivity contribution in [2.24, 2.45) is 0 Å². The van der Waals surface area contributed by atoms with E-state index in [1.165, 1.54) is 29.1 Å². The molecule has 23 heavy (non-hydrogen) atoms. The first-order valence-electron chi connectivity index (χ1n) is 7.61. The second-order valence-electron chi connectivity index (χ2n) is 5.78. The number of carbonyl (C=O) groups is 1. The maximum Gasteiger partial charge on any atom is 0.269 e. The third-order valence-corrected chi connectivity index (χ3v) is 6.56. The Bertz CT molecular complexity index is 1000. The van der Waals surface area contributed by atoms with Crippen molar-refractivity contribution in [3.63, 3.8) is 0 Å². The van der Waals surface area contributed by atoms with Gasteiger partial charge in [0.1, 0.15) is 15.2 Å². The molecule has 1 saturated carbocycles. The van der Waals surface area contributed by atoms with E-state index in [9.17, 15) is 9.59 Å². The number of aromatic nitrogens is 2. The Morgan fingerprint density at radius 1 is 1.35 bits per heavy atom. The van der Waals surface area contributed by atoms with Crippen LogP contribution in [0.3, 0.4) is 0 Å². The van der Waals surface area contributed by atoms with Gasteiger partial charge < -0.3 is 10.3 Å². The topological polar surface area (TPSA) is 66.4 Å². The molecule has 0 aliphatic heterocycles. The Labute approximate surface area is 145 Å². The van der Waals surface area contributed by atoms with Crippen LogP contribution < -0.4 is 10.9 Å². The summed E-state index contributed by atoms with van der Waals surface area (Å²) in [6.07, 6.45) is 5.60. The van der Waals surface area contributed by atoms with Gasteiger partial charge in [-0.15, -0.1) is 11.3 Å². The van der Waals surface area contributed by atoms with Gasteiger partial charge in [0.05, 0.1) is 5.52 Å². The molecule has 1 aliphatic carbocycles. The predicted molar refractivity (Wildman–Crippen MR) is 96.5 cm³/mol. The average molecular weight is 366 g/mol. The number of aromatic amines is 1. The van der Waals surface area contributed by atoms with Crippen molar-refractivity contribution in [3.8, 4) is 0 Å². The monoisotopic (exact) mass is 365 g/mol. The van der Waals surface area contributed by atoms with Crippen LogP contribution in [-0.4, -0.2) is 21.3 Å². The van der Waals surface area contributed by atoms with Gasteiger partial charge in [-0.2, -0.15) is 0 Å². The van der Waals surface area contributed by atoms with E-state index in [2.05, 4.69) is 10.3 Å². The van der Waals surface area contributed by atoms with Crippen LogP contribution in [0.15, 0.2) is 16.2 Å². The molecule has 0 unspecified atom stereocenters. The van der Waals surface area contributed by atoms with Gasteiger partial charge in [0.15, 0.2) is 3.95 Å². The fourth-order valence-corrected chi connectivity index (χ4v) is 5.23. The Hall–Kier alpha value is -1.51.